The summed E-state index contributed by atoms with van der Waals surface area (Å²) in [5, 5.41) is 4.09. The van der Waals surface area contributed by atoms with Crippen molar-refractivity contribution in [2.75, 3.05) is 11.1 Å². The van der Waals surface area contributed by atoms with Crippen LogP contribution in [0, 0.1) is 0 Å². The molecule has 5 rings (SSSR count). The van der Waals surface area contributed by atoms with E-state index < -0.39 is 0 Å². The molecule has 5 heteroatoms. The van der Waals surface area contributed by atoms with Crippen molar-refractivity contribution in [2.24, 2.45) is 0 Å². The summed E-state index contributed by atoms with van der Waals surface area (Å²) >= 11 is 1.52. The zero-order valence-electron chi connectivity index (χ0n) is 18.9. The van der Waals surface area contributed by atoms with Gasteiger partial charge in [0.1, 0.15) is 0 Å². The predicted molar refractivity (Wildman–Crippen MR) is 140 cm³/mol. The molecule has 0 bridgehead atoms. The van der Waals surface area contributed by atoms with Gasteiger partial charge in [-0.15, -0.1) is 11.8 Å². The van der Waals surface area contributed by atoms with Crippen molar-refractivity contribution in [3.63, 3.8) is 0 Å². The molecule has 0 aliphatic heterocycles. The number of benzene rings is 3. The van der Waals surface area contributed by atoms with Crippen LogP contribution in [0.4, 0.5) is 5.69 Å². The van der Waals surface area contributed by atoms with Crippen molar-refractivity contribution < 1.29 is 9.59 Å². The first-order valence-electron chi connectivity index (χ1n) is 11.6. The number of carbonyl (C=O) groups excluding carboxylic acids is 2. The molecule has 1 N–H and O–H groups in total. The SMILES string of the molecule is O=C(/C=C/c1ccccc1)Nc1ccc(SCC(=O)n2c3c(c4ccccc42)CCCC3)cc1. The van der Waals surface area contributed by atoms with Crippen molar-refractivity contribution in [1.82, 2.24) is 4.57 Å². The minimum absolute atomic E-state index is 0.118. The first-order valence-corrected chi connectivity index (χ1v) is 12.6. The van der Waals surface area contributed by atoms with E-state index in [4.69, 9.17) is 0 Å². The summed E-state index contributed by atoms with van der Waals surface area (Å²) in [7, 11) is 0. The molecule has 0 fully saturated rings. The van der Waals surface area contributed by atoms with Crippen LogP contribution in [0.1, 0.15) is 34.5 Å². The van der Waals surface area contributed by atoms with Gasteiger partial charge in [0.05, 0.1) is 11.3 Å². The molecule has 0 spiro atoms. The Labute approximate surface area is 203 Å². The molecule has 4 nitrogen and oxygen atoms in total. The van der Waals surface area contributed by atoms with Gasteiger partial charge in [0.15, 0.2) is 0 Å². The Bertz CT molecular complexity index is 1350. The first kappa shape index (κ1) is 22.2. The fourth-order valence-electron chi connectivity index (χ4n) is 4.54. The predicted octanol–water partition coefficient (Wildman–Crippen LogP) is 6.60. The Hall–Kier alpha value is -3.57. The molecule has 1 amide bonds. The topological polar surface area (TPSA) is 51.1 Å². The molecule has 1 heterocycles. The molecule has 1 aromatic heterocycles. The number of aromatic nitrogens is 1. The largest absolute Gasteiger partial charge is 0.323 e. The lowest BCUT2D eigenvalue weighted by atomic mass is 9.96. The van der Waals surface area contributed by atoms with Crippen LogP contribution in [0.15, 0.2) is 89.8 Å². The summed E-state index contributed by atoms with van der Waals surface area (Å²) < 4.78 is 1.95. The number of nitrogens with zero attached hydrogens (tertiary/aromatic N) is 1. The van der Waals surface area contributed by atoms with E-state index in [0.29, 0.717) is 5.75 Å². The van der Waals surface area contributed by atoms with E-state index in [1.165, 1.54) is 40.9 Å². The van der Waals surface area contributed by atoms with Gasteiger partial charge < -0.3 is 5.32 Å². The third kappa shape index (κ3) is 4.85. The lowest BCUT2D eigenvalue weighted by Gasteiger charge is -2.15. The third-order valence-corrected chi connectivity index (χ3v) is 7.14. The van der Waals surface area contributed by atoms with Gasteiger partial charge in [-0.25, -0.2) is 0 Å². The molecule has 0 saturated heterocycles. The molecule has 34 heavy (non-hydrogen) atoms. The Morgan fingerprint density at radius 3 is 2.44 bits per heavy atom. The summed E-state index contributed by atoms with van der Waals surface area (Å²) in [6, 6.07) is 25.6. The highest BCUT2D eigenvalue weighted by Gasteiger charge is 2.23. The lowest BCUT2D eigenvalue weighted by molar-refractivity contribution is -0.111. The number of para-hydroxylation sites is 1. The maximum absolute atomic E-state index is 13.2. The molecule has 170 valence electrons. The average Bonchev–Trinajstić information content (AvgIpc) is 3.22. The molecular formula is C29H26N2O2S. The van der Waals surface area contributed by atoms with E-state index in [2.05, 4.69) is 23.5 Å². The second kappa shape index (κ2) is 10.1. The zero-order chi connectivity index (χ0) is 23.3. The van der Waals surface area contributed by atoms with Gasteiger partial charge in [-0.1, -0.05) is 48.5 Å². The summed E-state index contributed by atoms with van der Waals surface area (Å²) in [5.74, 6) is 0.313. The van der Waals surface area contributed by atoms with Crippen molar-refractivity contribution in [1.29, 1.82) is 0 Å². The van der Waals surface area contributed by atoms with Crippen molar-refractivity contribution in [2.45, 2.75) is 30.6 Å². The average molecular weight is 467 g/mol. The van der Waals surface area contributed by atoms with Gasteiger partial charge in [-0.2, -0.15) is 0 Å². The third-order valence-electron chi connectivity index (χ3n) is 6.14. The van der Waals surface area contributed by atoms with Crippen LogP contribution in [0.5, 0.6) is 0 Å². The number of carbonyl (C=O) groups is 2. The van der Waals surface area contributed by atoms with E-state index in [0.717, 1.165) is 40.9 Å². The van der Waals surface area contributed by atoms with E-state index in [9.17, 15) is 9.59 Å². The van der Waals surface area contributed by atoms with Crippen LogP contribution >= 0.6 is 11.8 Å². The number of nitrogens with one attached hydrogen (secondary N) is 1. The molecule has 4 aromatic rings. The molecule has 0 radical (unpaired) electrons. The van der Waals surface area contributed by atoms with Gasteiger partial charge in [0.2, 0.25) is 11.8 Å². The number of fused-ring (bicyclic) bond motifs is 3. The van der Waals surface area contributed by atoms with E-state index in [-0.39, 0.29) is 11.8 Å². The molecular weight excluding hydrogens is 440 g/mol. The Morgan fingerprint density at radius 2 is 1.62 bits per heavy atom. The summed E-state index contributed by atoms with van der Waals surface area (Å²) in [6.45, 7) is 0. The molecule has 1 aliphatic carbocycles. The van der Waals surface area contributed by atoms with Crippen LogP contribution in [-0.2, 0) is 17.6 Å². The second-order valence-electron chi connectivity index (χ2n) is 8.42. The quantitative estimate of drug-likeness (QED) is 0.257. The first-order chi connectivity index (χ1) is 16.7. The highest BCUT2D eigenvalue weighted by Crippen LogP contribution is 2.32. The summed E-state index contributed by atoms with van der Waals surface area (Å²) in [6.07, 6.45) is 7.66. The maximum atomic E-state index is 13.2. The lowest BCUT2D eigenvalue weighted by Crippen LogP contribution is -2.18. The molecule has 0 unspecified atom stereocenters. The van der Waals surface area contributed by atoms with Crippen molar-refractivity contribution in [3.8, 4) is 0 Å². The zero-order valence-corrected chi connectivity index (χ0v) is 19.7. The Kier molecular flexibility index (Phi) is 6.63. The minimum atomic E-state index is -0.177. The highest BCUT2D eigenvalue weighted by molar-refractivity contribution is 8.00. The van der Waals surface area contributed by atoms with Crippen molar-refractivity contribution in [3.05, 3.63) is 102 Å². The van der Waals surface area contributed by atoms with Gasteiger partial charge in [-0.3, -0.25) is 14.2 Å². The minimum Gasteiger partial charge on any atom is -0.323 e. The number of hydrogen-bond acceptors (Lipinski definition) is 3. The van der Waals surface area contributed by atoms with Crippen LogP contribution in [-0.4, -0.2) is 22.1 Å². The summed E-state index contributed by atoms with van der Waals surface area (Å²) in [5.41, 5.74) is 5.28. The van der Waals surface area contributed by atoms with E-state index in [1.807, 2.05) is 65.2 Å². The number of thioether (sulfide) groups is 1. The molecule has 3 aromatic carbocycles. The van der Waals surface area contributed by atoms with Crippen LogP contribution < -0.4 is 5.32 Å². The maximum Gasteiger partial charge on any atom is 0.248 e. The fourth-order valence-corrected chi connectivity index (χ4v) is 5.29. The van der Waals surface area contributed by atoms with Crippen LogP contribution in [0.2, 0.25) is 0 Å². The fraction of sp³-hybridized carbons (Fsp3) is 0.172. The Balaban J connectivity index is 1.22. The number of aryl methyl sites for hydroxylation is 1. The number of anilines is 1. The molecule has 0 saturated carbocycles. The number of rotatable bonds is 6. The van der Waals surface area contributed by atoms with Gasteiger partial charge in [0.25, 0.3) is 0 Å². The van der Waals surface area contributed by atoms with Gasteiger partial charge >= 0.3 is 0 Å². The monoisotopic (exact) mass is 466 g/mol. The molecule has 0 atom stereocenters. The standard InChI is InChI=1S/C29H26N2O2S/c32-28(19-14-21-8-2-1-3-9-21)30-22-15-17-23(18-16-22)34-20-29(33)31-26-12-6-4-10-24(26)25-11-5-7-13-27(25)31/h1-4,6,8-10,12,14-19H,5,7,11,13,20H2,(H,30,32)/b19-14+. The number of amides is 1. The second-order valence-corrected chi connectivity index (χ2v) is 9.47. The van der Waals surface area contributed by atoms with E-state index >= 15 is 0 Å². The van der Waals surface area contributed by atoms with Gasteiger partial charge in [0, 0.05) is 27.7 Å². The van der Waals surface area contributed by atoms with Crippen LogP contribution in [0.3, 0.4) is 0 Å². The van der Waals surface area contributed by atoms with E-state index in [1.54, 1.807) is 6.08 Å². The molecule has 1 aliphatic rings. The summed E-state index contributed by atoms with van der Waals surface area (Å²) in [4.78, 5) is 26.4. The van der Waals surface area contributed by atoms with Crippen LogP contribution in [0.25, 0.3) is 17.0 Å². The normalized spacial score (nSPS) is 13.2. The smallest absolute Gasteiger partial charge is 0.248 e. The number of hydrogen-bond donors (Lipinski definition) is 1. The van der Waals surface area contributed by atoms with Gasteiger partial charge in [-0.05, 0) is 73.2 Å². The Morgan fingerprint density at radius 1 is 0.882 bits per heavy atom. The van der Waals surface area contributed by atoms with Crippen molar-refractivity contribution >= 4 is 46.2 Å². The highest BCUT2D eigenvalue weighted by atomic mass is 32.2.